The van der Waals surface area contributed by atoms with Crippen molar-refractivity contribution in [2.75, 3.05) is 5.32 Å². The first-order valence-corrected chi connectivity index (χ1v) is 7.63. The minimum absolute atomic E-state index is 0.0875. The standard InChI is InChI=1S/C17H14F4N4O/c18-13-4-6-14(7-5-13)22-9-15-23-16(26)25(24-15)10-11-2-1-3-12(8-11)17(19,20)21/h1-8,22H,9-10H2,(H,23,24,26). The van der Waals surface area contributed by atoms with Crippen LogP contribution in [0, 0.1) is 5.82 Å². The molecule has 0 aliphatic rings. The van der Waals surface area contributed by atoms with E-state index in [9.17, 15) is 22.4 Å². The molecule has 3 rings (SSSR count). The van der Waals surface area contributed by atoms with Crippen molar-refractivity contribution in [2.24, 2.45) is 0 Å². The van der Waals surface area contributed by atoms with E-state index in [1.54, 1.807) is 0 Å². The number of hydrogen-bond donors (Lipinski definition) is 2. The van der Waals surface area contributed by atoms with Crippen LogP contribution in [0.2, 0.25) is 0 Å². The maximum absolute atomic E-state index is 12.9. The monoisotopic (exact) mass is 366 g/mol. The van der Waals surface area contributed by atoms with E-state index in [4.69, 9.17) is 0 Å². The quantitative estimate of drug-likeness (QED) is 0.681. The molecule has 1 heterocycles. The molecule has 2 aromatic carbocycles. The summed E-state index contributed by atoms with van der Waals surface area (Å²) in [5.41, 5.74) is -0.360. The smallest absolute Gasteiger partial charge is 0.378 e. The van der Waals surface area contributed by atoms with E-state index < -0.39 is 17.4 Å². The van der Waals surface area contributed by atoms with E-state index >= 15 is 0 Å². The summed E-state index contributed by atoms with van der Waals surface area (Å²) < 4.78 is 52.2. The third-order valence-corrected chi connectivity index (χ3v) is 3.62. The fraction of sp³-hybridized carbons (Fsp3) is 0.176. The highest BCUT2D eigenvalue weighted by atomic mass is 19.4. The number of nitrogens with zero attached hydrogens (tertiary/aromatic N) is 2. The molecule has 9 heteroatoms. The lowest BCUT2D eigenvalue weighted by Crippen LogP contribution is -2.19. The van der Waals surface area contributed by atoms with Gasteiger partial charge in [-0.2, -0.15) is 18.3 Å². The number of benzene rings is 2. The molecule has 136 valence electrons. The van der Waals surface area contributed by atoms with Crippen molar-refractivity contribution in [3.63, 3.8) is 0 Å². The summed E-state index contributed by atoms with van der Waals surface area (Å²) in [4.78, 5) is 14.5. The lowest BCUT2D eigenvalue weighted by molar-refractivity contribution is -0.137. The maximum Gasteiger partial charge on any atom is 0.416 e. The van der Waals surface area contributed by atoms with Gasteiger partial charge < -0.3 is 5.32 Å². The average molecular weight is 366 g/mol. The third kappa shape index (κ3) is 4.29. The van der Waals surface area contributed by atoms with Crippen LogP contribution in [0.25, 0.3) is 0 Å². The van der Waals surface area contributed by atoms with Gasteiger partial charge in [0.25, 0.3) is 0 Å². The number of halogens is 4. The van der Waals surface area contributed by atoms with Crippen LogP contribution < -0.4 is 11.0 Å². The number of H-pyrrole nitrogens is 1. The molecule has 0 radical (unpaired) electrons. The summed E-state index contributed by atoms with van der Waals surface area (Å²) in [6, 6.07) is 10.4. The molecule has 0 saturated heterocycles. The minimum atomic E-state index is -4.45. The van der Waals surface area contributed by atoms with Gasteiger partial charge in [-0.1, -0.05) is 12.1 Å². The Labute approximate surface area is 145 Å². The number of hydrogen-bond acceptors (Lipinski definition) is 3. The molecule has 0 saturated carbocycles. The molecular weight excluding hydrogens is 352 g/mol. The Morgan fingerprint density at radius 2 is 1.85 bits per heavy atom. The van der Waals surface area contributed by atoms with Crippen molar-refractivity contribution in [3.05, 3.63) is 81.8 Å². The number of aromatic amines is 1. The second-order valence-corrected chi connectivity index (χ2v) is 5.59. The molecule has 5 nitrogen and oxygen atoms in total. The van der Waals surface area contributed by atoms with Crippen molar-refractivity contribution in [1.82, 2.24) is 14.8 Å². The minimum Gasteiger partial charge on any atom is -0.378 e. The Balaban J connectivity index is 1.70. The van der Waals surface area contributed by atoms with Gasteiger partial charge in [0, 0.05) is 5.69 Å². The normalized spacial score (nSPS) is 11.5. The number of rotatable bonds is 5. The average Bonchev–Trinajstić information content (AvgIpc) is 2.94. The number of aromatic nitrogens is 3. The zero-order valence-corrected chi connectivity index (χ0v) is 13.3. The van der Waals surface area contributed by atoms with E-state index in [-0.39, 0.29) is 18.9 Å². The van der Waals surface area contributed by atoms with Crippen LogP contribution in [0.4, 0.5) is 23.2 Å². The van der Waals surface area contributed by atoms with E-state index in [1.165, 1.54) is 36.4 Å². The predicted molar refractivity (Wildman–Crippen MR) is 87.1 cm³/mol. The van der Waals surface area contributed by atoms with Crippen LogP contribution >= 0.6 is 0 Å². The van der Waals surface area contributed by atoms with Gasteiger partial charge in [-0.25, -0.2) is 13.9 Å². The summed E-state index contributed by atoms with van der Waals surface area (Å²) in [5.74, 6) is -0.0550. The zero-order chi connectivity index (χ0) is 18.7. The molecule has 26 heavy (non-hydrogen) atoms. The van der Waals surface area contributed by atoms with Gasteiger partial charge in [-0.05, 0) is 42.0 Å². The summed E-state index contributed by atoms with van der Waals surface area (Å²) in [7, 11) is 0. The number of alkyl halides is 3. The highest BCUT2D eigenvalue weighted by molar-refractivity contribution is 5.42. The van der Waals surface area contributed by atoms with Crippen LogP contribution in [0.1, 0.15) is 17.0 Å². The fourth-order valence-corrected chi connectivity index (χ4v) is 2.36. The predicted octanol–water partition coefficient (Wildman–Crippen LogP) is 3.39. The number of nitrogens with one attached hydrogen (secondary N) is 2. The van der Waals surface area contributed by atoms with Gasteiger partial charge in [0.05, 0.1) is 18.7 Å². The highest BCUT2D eigenvalue weighted by Gasteiger charge is 2.30. The maximum atomic E-state index is 12.9. The Morgan fingerprint density at radius 1 is 1.12 bits per heavy atom. The molecule has 0 spiro atoms. The first-order chi connectivity index (χ1) is 12.3. The van der Waals surface area contributed by atoms with E-state index in [1.807, 2.05) is 0 Å². The molecule has 0 atom stereocenters. The summed E-state index contributed by atoms with van der Waals surface area (Å²) in [5, 5.41) is 7.02. The molecule has 0 aliphatic carbocycles. The lowest BCUT2D eigenvalue weighted by atomic mass is 10.1. The lowest BCUT2D eigenvalue weighted by Gasteiger charge is -2.08. The van der Waals surface area contributed by atoms with Gasteiger partial charge in [-0.3, -0.25) is 4.98 Å². The molecule has 0 unspecified atom stereocenters. The van der Waals surface area contributed by atoms with Crippen LogP contribution in [-0.4, -0.2) is 14.8 Å². The Hall–Kier alpha value is -3.10. The van der Waals surface area contributed by atoms with E-state index in [0.29, 0.717) is 17.1 Å². The topological polar surface area (TPSA) is 62.7 Å². The largest absolute Gasteiger partial charge is 0.416 e. The molecular formula is C17H14F4N4O. The van der Waals surface area contributed by atoms with Gasteiger partial charge in [0.15, 0.2) is 0 Å². The van der Waals surface area contributed by atoms with Crippen molar-refractivity contribution >= 4 is 5.69 Å². The van der Waals surface area contributed by atoms with E-state index in [0.717, 1.165) is 16.8 Å². The Kier molecular flexibility index (Phi) is 4.79. The van der Waals surface area contributed by atoms with Gasteiger partial charge in [-0.15, -0.1) is 0 Å². The second-order valence-electron chi connectivity index (χ2n) is 5.59. The molecule has 0 amide bonds. The van der Waals surface area contributed by atoms with Crippen molar-refractivity contribution < 1.29 is 17.6 Å². The van der Waals surface area contributed by atoms with Crippen LogP contribution in [0.5, 0.6) is 0 Å². The molecule has 0 fully saturated rings. The SMILES string of the molecule is O=c1[nH]c(CNc2ccc(F)cc2)nn1Cc1cccc(C(F)(F)F)c1. The Morgan fingerprint density at radius 3 is 2.54 bits per heavy atom. The molecule has 0 bridgehead atoms. The summed E-state index contributed by atoms with van der Waals surface area (Å²) in [6.45, 7) is 0.0895. The highest BCUT2D eigenvalue weighted by Crippen LogP contribution is 2.29. The van der Waals surface area contributed by atoms with Gasteiger partial charge in [0.2, 0.25) is 0 Å². The third-order valence-electron chi connectivity index (χ3n) is 3.62. The molecule has 0 aliphatic heterocycles. The van der Waals surface area contributed by atoms with Crippen LogP contribution in [-0.2, 0) is 19.3 Å². The van der Waals surface area contributed by atoms with Crippen molar-refractivity contribution in [1.29, 1.82) is 0 Å². The molecule has 2 N–H and O–H groups in total. The summed E-state index contributed by atoms with van der Waals surface area (Å²) >= 11 is 0. The van der Waals surface area contributed by atoms with Crippen molar-refractivity contribution in [2.45, 2.75) is 19.3 Å². The first-order valence-electron chi connectivity index (χ1n) is 7.63. The van der Waals surface area contributed by atoms with Crippen LogP contribution in [0.15, 0.2) is 53.3 Å². The van der Waals surface area contributed by atoms with Crippen molar-refractivity contribution in [3.8, 4) is 0 Å². The molecule has 3 aromatic rings. The van der Waals surface area contributed by atoms with Crippen LogP contribution in [0.3, 0.4) is 0 Å². The zero-order valence-electron chi connectivity index (χ0n) is 13.3. The number of anilines is 1. The fourth-order valence-electron chi connectivity index (χ4n) is 2.36. The van der Waals surface area contributed by atoms with E-state index in [2.05, 4.69) is 15.4 Å². The van der Waals surface area contributed by atoms with Gasteiger partial charge >= 0.3 is 11.9 Å². The second kappa shape index (κ2) is 7.03. The summed E-state index contributed by atoms with van der Waals surface area (Å²) in [6.07, 6.45) is -4.45. The molecule has 1 aromatic heterocycles. The first kappa shape index (κ1) is 17.7. The van der Waals surface area contributed by atoms with Gasteiger partial charge in [0.1, 0.15) is 11.6 Å². The Bertz CT molecular complexity index is 944.